The smallest absolute Gasteiger partial charge is 0.138 e. The number of carbonyl (C=O) groups excluding carboxylic acids is 1. The van der Waals surface area contributed by atoms with E-state index in [9.17, 15) is 4.79 Å². The Hall–Kier alpha value is -0.370. The van der Waals surface area contributed by atoms with Crippen molar-refractivity contribution in [3.05, 3.63) is 0 Å². The zero-order valence-corrected chi connectivity index (χ0v) is 12.0. The van der Waals surface area contributed by atoms with Gasteiger partial charge in [0.25, 0.3) is 0 Å². The number of hydrogen-bond donors (Lipinski definition) is 0. The third-order valence-corrected chi connectivity index (χ3v) is 4.75. The second kappa shape index (κ2) is 7.28. The SMILES string of the molecule is CCCCCCCCC1CC(=O)C2CCCN1C2. The lowest BCUT2D eigenvalue weighted by atomic mass is 9.83. The van der Waals surface area contributed by atoms with Crippen molar-refractivity contribution in [3.63, 3.8) is 0 Å². The van der Waals surface area contributed by atoms with E-state index in [0.29, 0.717) is 17.7 Å². The number of piperidine rings is 2. The summed E-state index contributed by atoms with van der Waals surface area (Å²) in [6, 6.07) is 0.584. The van der Waals surface area contributed by atoms with Crippen molar-refractivity contribution in [1.29, 1.82) is 0 Å². The lowest BCUT2D eigenvalue weighted by Crippen LogP contribution is -2.50. The van der Waals surface area contributed by atoms with Crippen molar-refractivity contribution in [2.24, 2.45) is 5.92 Å². The number of ketones is 1. The first-order chi connectivity index (χ1) is 8.81. The predicted octanol–water partition coefficient (Wildman–Crippen LogP) is 3.79. The number of nitrogens with zero attached hydrogens (tertiary/aromatic N) is 1. The fourth-order valence-corrected chi connectivity index (χ4v) is 3.57. The minimum absolute atomic E-state index is 0.388. The largest absolute Gasteiger partial charge is 0.299 e. The molecule has 2 rings (SSSR count). The van der Waals surface area contributed by atoms with Gasteiger partial charge < -0.3 is 0 Å². The molecule has 0 aliphatic carbocycles. The monoisotopic (exact) mass is 251 g/mol. The van der Waals surface area contributed by atoms with E-state index in [-0.39, 0.29) is 0 Å². The first kappa shape index (κ1) is 14.0. The van der Waals surface area contributed by atoms with Gasteiger partial charge in [-0.2, -0.15) is 0 Å². The second-order valence-corrected chi connectivity index (χ2v) is 6.21. The maximum Gasteiger partial charge on any atom is 0.138 e. The number of fused-ring (bicyclic) bond motifs is 2. The van der Waals surface area contributed by atoms with Crippen LogP contribution in [-0.4, -0.2) is 29.8 Å². The molecule has 2 nitrogen and oxygen atoms in total. The van der Waals surface area contributed by atoms with Crippen LogP contribution in [0.3, 0.4) is 0 Å². The van der Waals surface area contributed by atoms with Crippen LogP contribution in [0, 0.1) is 5.92 Å². The number of hydrogen-bond acceptors (Lipinski definition) is 2. The Labute approximate surface area is 112 Å². The minimum Gasteiger partial charge on any atom is -0.299 e. The summed E-state index contributed by atoms with van der Waals surface area (Å²) in [5, 5.41) is 0. The van der Waals surface area contributed by atoms with Gasteiger partial charge in [-0.25, -0.2) is 0 Å². The Kier molecular flexibility index (Phi) is 5.68. The summed E-state index contributed by atoms with van der Waals surface area (Å²) < 4.78 is 0. The number of rotatable bonds is 7. The van der Waals surface area contributed by atoms with E-state index in [1.165, 1.54) is 57.9 Å². The standard InChI is InChI=1S/C16H29NO/c1-2-3-4-5-6-7-10-15-12-16(18)14-9-8-11-17(15)13-14/h14-15H,2-13H2,1H3. The molecule has 2 heteroatoms. The molecule has 0 amide bonds. The fraction of sp³-hybridized carbons (Fsp3) is 0.938. The summed E-state index contributed by atoms with van der Waals surface area (Å²) in [4.78, 5) is 14.6. The van der Waals surface area contributed by atoms with Gasteiger partial charge in [-0.3, -0.25) is 9.69 Å². The van der Waals surface area contributed by atoms with Gasteiger partial charge >= 0.3 is 0 Å². The van der Waals surface area contributed by atoms with Crippen LogP contribution in [0.5, 0.6) is 0 Å². The van der Waals surface area contributed by atoms with Crippen LogP contribution < -0.4 is 0 Å². The van der Waals surface area contributed by atoms with E-state index in [4.69, 9.17) is 0 Å². The van der Waals surface area contributed by atoms with Gasteiger partial charge in [-0.1, -0.05) is 45.4 Å². The Bertz CT molecular complexity index is 264. The van der Waals surface area contributed by atoms with Crippen molar-refractivity contribution < 1.29 is 4.79 Å². The van der Waals surface area contributed by atoms with E-state index in [1.807, 2.05) is 0 Å². The zero-order valence-electron chi connectivity index (χ0n) is 12.0. The number of unbranched alkanes of at least 4 members (excludes halogenated alkanes) is 5. The molecule has 2 aliphatic rings. The van der Waals surface area contributed by atoms with E-state index in [1.54, 1.807) is 0 Å². The molecule has 0 aromatic carbocycles. The maximum absolute atomic E-state index is 12.0. The highest BCUT2D eigenvalue weighted by Crippen LogP contribution is 2.29. The van der Waals surface area contributed by atoms with Crippen LogP contribution in [0.25, 0.3) is 0 Å². The number of Topliss-reactive ketones (excluding diaryl/α,β-unsaturated/α-hetero) is 1. The van der Waals surface area contributed by atoms with Crippen LogP contribution in [0.2, 0.25) is 0 Å². The maximum atomic E-state index is 12.0. The van der Waals surface area contributed by atoms with Gasteiger partial charge in [0, 0.05) is 24.9 Å². The van der Waals surface area contributed by atoms with Crippen molar-refractivity contribution >= 4 is 5.78 Å². The molecule has 0 saturated carbocycles. The van der Waals surface area contributed by atoms with E-state index in [0.717, 1.165) is 19.4 Å². The lowest BCUT2D eigenvalue weighted by molar-refractivity contribution is -0.130. The summed E-state index contributed by atoms with van der Waals surface area (Å²) in [7, 11) is 0. The van der Waals surface area contributed by atoms with Gasteiger partial charge in [-0.05, 0) is 25.8 Å². The molecule has 2 heterocycles. The van der Waals surface area contributed by atoms with Crippen molar-refractivity contribution in [3.8, 4) is 0 Å². The number of carbonyl (C=O) groups is 1. The molecule has 2 bridgehead atoms. The average Bonchev–Trinajstić information content (AvgIpc) is 2.40. The first-order valence-corrected chi connectivity index (χ1v) is 8.08. The van der Waals surface area contributed by atoms with Crippen LogP contribution in [0.4, 0.5) is 0 Å². The molecule has 2 fully saturated rings. The highest BCUT2D eigenvalue weighted by Gasteiger charge is 2.35. The van der Waals surface area contributed by atoms with Crippen LogP contribution in [0.15, 0.2) is 0 Å². The Morgan fingerprint density at radius 1 is 1.17 bits per heavy atom. The summed E-state index contributed by atoms with van der Waals surface area (Å²) in [5.74, 6) is 0.946. The summed E-state index contributed by atoms with van der Waals surface area (Å²) in [5.41, 5.74) is 0. The van der Waals surface area contributed by atoms with E-state index < -0.39 is 0 Å². The third kappa shape index (κ3) is 3.81. The molecule has 18 heavy (non-hydrogen) atoms. The zero-order chi connectivity index (χ0) is 12.8. The van der Waals surface area contributed by atoms with Crippen LogP contribution >= 0.6 is 0 Å². The van der Waals surface area contributed by atoms with Crippen molar-refractivity contribution in [2.45, 2.75) is 77.2 Å². The highest BCUT2D eigenvalue weighted by atomic mass is 16.1. The molecule has 2 aliphatic heterocycles. The normalized spacial score (nSPS) is 31.6. The molecular formula is C16H29NO. The summed E-state index contributed by atoms with van der Waals surface area (Å²) >= 11 is 0. The summed E-state index contributed by atoms with van der Waals surface area (Å²) in [6.07, 6.45) is 12.7. The predicted molar refractivity (Wildman–Crippen MR) is 75.7 cm³/mol. The lowest BCUT2D eigenvalue weighted by Gasteiger charge is -2.42. The molecule has 0 aromatic heterocycles. The Morgan fingerprint density at radius 3 is 2.78 bits per heavy atom. The Balaban J connectivity index is 1.64. The van der Waals surface area contributed by atoms with E-state index >= 15 is 0 Å². The second-order valence-electron chi connectivity index (χ2n) is 6.21. The quantitative estimate of drug-likeness (QED) is 0.642. The molecule has 0 radical (unpaired) electrons. The fourth-order valence-electron chi connectivity index (χ4n) is 3.57. The topological polar surface area (TPSA) is 20.3 Å². The molecule has 0 N–H and O–H groups in total. The molecule has 3 unspecified atom stereocenters. The van der Waals surface area contributed by atoms with Crippen molar-refractivity contribution in [1.82, 2.24) is 4.90 Å². The molecule has 0 aromatic rings. The van der Waals surface area contributed by atoms with E-state index in [2.05, 4.69) is 11.8 Å². The molecular weight excluding hydrogens is 222 g/mol. The minimum atomic E-state index is 0.388. The molecule has 104 valence electrons. The molecule has 2 saturated heterocycles. The van der Waals surface area contributed by atoms with Gasteiger partial charge in [0.05, 0.1) is 0 Å². The van der Waals surface area contributed by atoms with Gasteiger partial charge in [0.15, 0.2) is 0 Å². The third-order valence-electron chi connectivity index (χ3n) is 4.75. The van der Waals surface area contributed by atoms with Crippen LogP contribution in [0.1, 0.15) is 71.1 Å². The van der Waals surface area contributed by atoms with Crippen molar-refractivity contribution in [2.75, 3.05) is 13.1 Å². The molecule has 3 atom stereocenters. The van der Waals surface area contributed by atoms with Gasteiger partial charge in [0.1, 0.15) is 5.78 Å². The first-order valence-electron chi connectivity index (χ1n) is 8.08. The van der Waals surface area contributed by atoms with Gasteiger partial charge in [-0.15, -0.1) is 0 Å². The van der Waals surface area contributed by atoms with Crippen LogP contribution in [-0.2, 0) is 4.79 Å². The highest BCUT2D eigenvalue weighted by molar-refractivity contribution is 5.82. The average molecular weight is 251 g/mol. The summed E-state index contributed by atoms with van der Waals surface area (Å²) in [6.45, 7) is 4.57. The van der Waals surface area contributed by atoms with Gasteiger partial charge in [0.2, 0.25) is 0 Å². The molecule has 0 spiro atoms. The Morgan fingerprint density at radius 2 is 1.94 bits per heavy atom.